The topological polar surface area (TPSA) is 51.2 Å². The molecular formula is C19H24N2O4S2. The van der Waals surface area contributed by atoms with E-state index >= 15 is 0 Å². The first kappa shape index (κ1) is 20.1. The molecule has 0 bridgehead atoms. The molecule has 0 N–H and O–H groups in total. The van der Waals surface area contributed by atoms with Crippen LogP contribution in [0.4, 0.5) is 0 Å². The van der Waals surface area contributed by atoms with Gasteiger partial charge in [-0.3, -0.25) is 14.6 Å². The van der Waals surface area contributed by atoms with Crippen LogP contribution in [0.1, 0.15) is 12.5 Å². The summed E-state index contributed by atoms with van der Waals surface area (Å²) in [7, 11) is 1.60. The van der Waals surface area contributed by atoms with Crippen molar-refractivity contribution in [1.82, 2.24) is 9.80 Å². The molecular weight excluding hydrogens is 384 g/mol. The van der Waals surface area contributed by atoms with Crippen molar-refractivity contribution in [2.24, 2.45) is 0 Å². The molecule has 2 aliphatic rings. The van der Waals surface area contributed by atoms with Crippen LogP contribution in [0.5, 0.6) is 11.5 Å². The van der Waals surface area contributed by atoms with Gasteiger partial charge in [0.1, 0.15) is 4.32 Å². The SMILES string of the molecule is CCOc1ccc(/C=C2/SC(=S)N(CCN3CCOCC3)C2=O)cc1OC. The van der Waals surface area contributed by atoms with Gasteiger partial charge in [-0.05, 0) is 30.7 Å². The molecule has 0 unspecified atom stereocenters. The van der Waals surface area contributed by atoms with E-state index in [9.17, 15) is 4.79 Å². The van der Waals surface area contributed by atoms with Crippen LogP contribution in [-0.4, -0.2) is 73.1 Å². The minimum absolute atomic E-state index is 0.0360. The first-order valence-corrected chi connectivity index (χ1v) is 10.2. The molecule has 0 radical (unpaired) electrons. The van der Waals surface area contributed by atoms with Crippen molar-refractivity contribution >= 4 is 40.3 Å². The number of nitrogens with zero attached hydrogens (tertiary/aromatic N) is 2. The van der Waals surface area contributed by atoms with E-state index in [0.29, 0.717) is 33.9 Å². The van der Waals surface area contributed by atoms with E-state index in [2.05, 4.69) is 4.90 Å². The van der Waals surface area contributed by atoms with Gasteiger partial charge in [0.25, 0.3) is 5.91 Å². The van der Waals surface area contributed by atoms with Crippen molar-refractivity contribution < 1.29 is 19.0 Å². The highest BCUT2D eigenvalue weighted by molar-refractivity contribution is 8.26. The van der Waals surface area contributed by atoms with Crippen LogP contribution in [0.2, 0.25) is 0 Å². The predicted molar refractivity (Wildman–Crippen MR) is 111 cm³/mol. The molecule has 0 saturated carbocycles. The molecule has 1 aromatic carbocycles. The summed E-state index contributed by atoms with van der Waals surface area (Å²) in [6.07, 6.45) is 1.85. The molecule has 2 aliphatic heterocycles. The Morgan fingerprint density at radius 3 is 2.74 bits per heavy atom. The summed E-state index contributed by atoms with van der Waals surface area (Å²) in [5, 5.41) is 0. The Morgan fingerprint density at radius 2 is 2.04 bits per heavy atom. The number of carbonyl (C=O) groups excluding carboxylic acids is 1. The van der Waals surface area contributed by atoms with E-state index in [-0.39, 0.29) is 5.91 Å². The van der Waals surface area contributed by atoms with Gasteiger partial charge in [0.2, 0.25) is 0 Å². The Labute approximate surface area is 169 Å². The highest BCUT2D eigenvalue weighted by Crippen LogP contribution is 2.34. The van der Waals surface area contributed by atoms with E-state index in [4.69, 9.17) is 26.4 Å². The Hall–Kier alpha value is -1.61. The zero-order valence-electron chi connectivity index (χ0n) is 15.6. The first-order chi connectivity index (χ1) is 13.1. The summed E-state index contributed by atoms with van der Waals surface area (Å²) >= 11 is 6.77. The summed E-state index contributed by atoms with van der Waals surface area (Å²) in [6, 6.07) is 5.63. The Morgan fingerprint density at radius 1 is 1.26 bits per heavy atom. The van der Waals surface area contributed by atoms with Gasteiger partial charge in [-0.25, -0.2) is 0 Å². The molecule has 146 valence electrons. The van der Waals surface area contributed by atoms with Crippen molar-refractivity contribution in [3.05, 3.63) is 28.7 Å². The van der Waals surface area contributed by atoms with Gasteiger partial charge >= 0.3 is 0 Å². The molecule has 1 aromatic rings. The van der Waals surface area contributed by atoms with E-state index < -0.39 is 0 Å². The maximum atomic E-state index is 12.8. The summed E-state index contributed by atoms with van der Waals surface area (Å²) in [5.41, 5.74) is 0.879. The van der Waals surface area contributed by atoms with Crippen molar-refractivity contribution in [2.45, 2.75) is 6.92 Å². The number of morpholine rings is 1. The highest BCUT2D eigenvalue weighted by Gasteiger charge is 2.32. The minimum atomic E-state index is -0.0360. The number of amides is 1. The maximum Gasteiger partial charge on any atom is 0.266 e. The molecule has 6 nitrogen and oxygen atoms in total. The average Bonchev–Trinajstić information content (AvgIpc) is 2.95. The lowest BCUT2D eigenvalue weighted by Gasteiger charge is -2.28. The molecule has 2 heterocycles. The van der Waals surface area contributed by atoms with Crippen molar-refractivity contribution in [1.29, 1.82) is 0 Å². The van der Waals surface area contributed by atoms with E-state index in [1.807, 2.05) is 31.2 Å². The van der Waals surface area contributed by atoms with Gasteiger partial charge in [-0.2, -0.15) is 0 Å². The van der Waals surface area contributed by atoms with Crippen molar-refractivity contribution in [2.75, 3.05) is 53.1 Å². The molecule has 8 heteroatoms. The lowest BCUT2D eigenvalue weighted by atomic mass is 10.2. The lowest BCUT2D eigenvalue weighted by Crippen LogP contribution is -2.42. The number of hydrogen-bond acceptors (Lipinski definition) is 7. The molecule has 2 fully saturated rings. The monoisotopic (exact) mass is 408 g/mol. The first-order valence-electron chi connectivity index (χ1n) is 8.98. The number of hydrogen-bond donors (Lipinski definition) is 0. The Balaban J connectivity index is 1.68. The second kappa shape index (κ2) is 9.54. The predicted octanol–water partition coefficient (Wildman–Crippen LogP) is 2.63. The second-order valence-corrected chi connectivity index (χ2v) is 7.81. The number of ether oxygens (including phenoxy) is 3. The number of rotatable bonds is 7. The van der Waals surface area contributed by atoms with E-state index in [0.717, 1.165) is 38.4 Å². The zero-order chi connectivity index (χ0) is 19.2. The Kier molecular flexibility index (Phi) is 7.12. The summed E-state index contributed by atoms with van der Waals surface area (Å²) < 4.78 is 16.9. The smallest absolute Gasteiger partial charge is 0.266 e. The van der Waals surface area contributed by atoms with Gasteiger partial charge in [0, 0.05) is 26.2 Å². The minimum Gasteiger partial charge on any atom is -0.493 e. The molecule has 27 heavy (non-hydrogen) atoms. The van der Waals surface area contributed by atoms with Crippen molar-refractivity contribution in [3.63, 3.8) is 0 Å². The third-order valence-electron chi connectivity index (χ3n) is 4.40. The molecule has 0 aromatic heterocycles. The zero-order valence-corrected chi connectivity index (χ0v) is 17.2. The quantitative estimate of drug-likeness (QED) is 0.508. The average molecular weight is 409 g/mol. The molecule has 1 amide bonds. The lowest BCUT2D eigenvalue weighted by molar-refractivity contribution is -0.122. The van der Waals surface area contributed by atoms with Crippen molar-refractivity contribution in [3.8, 4) is 11.5 Å². The fourth-order valence-corrected chi connectivity index (χ4v) is 4.27. The summed E-state index contributed by atoms with van der Waals surface area (Å²) in [6.45, 7) is 7.20. The van der Waals surface area contributed by atoms with E-state index in [1.54, 1.807) is 12.0 Å². The van der Waals surface area contributed by atoms with Crippen LogP contribution in [-0.2, 0) is 9.53 Å². The van der Waals surface area contributed by atoms with Crippen LogP contribution in [0.3, 0.4) is 0 Å². The highest BCUT2D eigenvalue weighted by atomic mass is 32.2. The van der Waals surface area contributed by atoms with Crippen LogP contribution >= 0.6 is 24.0 Å². The van der Waals surface area contributed by atoms with Crippen LogP contribution < -0.4 is 9.47 Å². The Bertz CT molecular complexity index is 732. The van der Waals surface area contributed by atoms with E-state index in [1.165, 1.54) is 11.8 Å². The fourth-order valence-electron chi connectivity index (χ4n) is 2.96. The normalized spacial score (nSPS) is 19.8. The van der Waals surface area contributed by atoms with Gasteiger partial charge < -0.3 is 14.2 Å². The van der Waals surface area contributed by atoms with Gasteiger partial charge in [0.05, 0.1) is 31.8 Å². The number of thioether (sulfide) groups is 1. The number of thiocarbonyl (C=S) groups is 1. The van der Waals surface area contributed by atoms with Gasteiger partial charge in [-0.15, -0.1) is 0 Å². The van der Waals surface area contributed by atoms with Crippen LogP contribution in [0.15, 0.2) is 23.1 Å². The number of carbonyl (C=O) groups is 1. The third-order valence-corrected chi connectivity index (χ3v) is 5.78. The molecule has 3 rings (SSSR count). The van der Waals surface area contributed by atoms with Crippen LogP contribution in [0.25, 0.3) is 6.08 Å². The number of benzene rings is 1. The van der Waals surface area contributed by atoms with Crippen LogP contribution in [0, 0.1) is 0 Å². The largest absolute Gasteiger partial charge is 0.493 e. The molecule has 0 aliphatic carbocycles. The molecule has 2 saturated heterocycles. The fraction of sp³-hybridized carbons (Fsp3) is 0.474. The standard InChI is InChI=1S/C19H24N2O4S2/c1-3-25-15-5-4-14(12-16(15)23-2)13-17-18(22)21(19(26)27-17)7-6-20-8-10-24-11-9-20/h4-5,12-13H,3,6-11H2,1-2H3/b17-13+. The summed E-state index contributed by atoms with van der Waals surface area (Å²) in [5.74, 6) is 1.30. The summed E-state index contributed by atoms with van der Waals surface area (Å²) in [4.78, 5) is 17.4. The van der Waals surface area contributed by atoms with Gasteiger partial charge in [0.15, 0.2) is 11.5 Å². The number of methoxy groups -OCH3 is 1. The molecule has 0 spiro atoms. The third kappa shape index (κ3) is 5.01. The second-order valence-electron chi connectivity index (χ2n) is 6.13. The molecule has 0 atom stereocenters. The van der Waals surface area contributed by atoms with Gasteiger partial charge in [-0.1, -0.05) is 30.0 Å². The maximum absolute atomic E-state index is 12.8.